The second kappa shape index (κ2) is 61.9. The number of esters is 2. The Morgan fingerprint density at radius 2 is 0.663 bits per heavy atom. The summed E-state index contributed by atoms with van der Waals surface area (Å²) in [6.45, 7) is 4.51. The van der Waals surface area contributed by atoms with E-state index in [-0.39, 0.29) is 32.7 Å². The SMILES string of the molecule is CC/C=C\C/C=C\C/C=C\C/C=C\C/C=C\C/C=C\C/C=C\C/C=C\C/C=C\CCCC(=O)OC(COC(=O)CCCCCC/C=C\C/C=C\C/C=C\C/C=C\C/C=C\C/C=C\C/C=C\C/C=C\CC)COC(OCC[N+](C)(C)C)C(=O)O. The molecule has 0 amide bonds. The summed E-state index contributed by atoms with van der Waals surface area (Å²) in [4.78, 5) is 37.5. The van der Waals surface area contributed by atoms with Crippen molar-refractivity contribution in [3.05, 3.63) is 207 Å². The van der Waals surface area contributed by atoms with Crippen molar-refractivity contribution in [2.24, 2.45) is 0 Å². The smallest absolute Gasteiger partial charge is 0.361 e. The van der Waals surface area contributed by atoms with E-state index in [0.717, 1.165) is 135 Å². The van der Waals surface area contributed by atoms with Crippen LogP contribution in [0.25, 0.3) is 0 Å². The van der Waals surface area contributed by atoms with Crippen LogP contribution in [0.3, 0.4) is 0 Å². The van der Waals surface area contributed by atoms with E-state index in [1.165, 1.54) is 0 Å². The lowest BCUT2D eigenvalue weighted by molar-refractivity contribution is -0.870. The molecule has 2 unspecified atom stereocenters. The standard InChI is InChI=1S/C74H111NO8/c1-6-8-10-12-14-16-18-20-22-24-26-28-30-32-34-36-38-40-42-44-46-48-50-52-54-56-58-60-62-64-71(76)81-68-70(69-82-74(73(78)79)80-67-66-75(3,4)5)83-72(77)65-63-61-59-57-55-53-51-49-47-45-43-41-39-37-35-33-31-29-27-25-23-21-19-17-15-13-11-9-7-2/h8-11,14-17,20-23,26-29,32-35,38-41,44-47,50-53,57,59,70,74H,6-7,12-13,18-19,24-25,30-31,36-37,42-43,48-49,54-56,58,60-69H2,1-5H3/p+1/b10-8-,11-9-,16-14-,17-15-,22-20-,23-21-,28-26-,29-27-,34-32-,35-33-,40-38-,41-39-,46-44-,47-45-,52-50-,53-51-,59-57-. The number of carbonyl (C=O) groups is 3. The van der Waals surface area contributed by atoms with E-state index in [2.05, 4.69) is 220 Å². The van der Waals surface area contributed by atoms with E-state index >= 15 is 0 Å². The van der Waals surface area contributed by atoms with Crippen LogP contribution in [-0.2, 0) is 33.3 Å². The fraction of sp³-hybridized carbons (Fsp3) is 0.500. The molecule has 0 bridgehead atoms. The maximum absolute atomic E-state index is 12.9. The number of carbonyl (C=O) groups excluding carboxylic acids is 2. The average molecular weight is 1140 g/mol. The zero-order valence-corrected chi connectivity index (χ0v) is 52.2. The first kappa shape index (κ1) is 76.9. The Kier molecular flexibility index (Phi) is 57.4. The van der Waals surface area contributed by atoms with Crippen molar-refractivity contribution in [3.8, 4) is 0 Å². The molecule has 0 rings (SSSR count). The highest BCUT2D eigenvalue weighted by molar-refractivity contribution is 5.71. The van der Waals surface area contributed by atoms with E-state index < -0.39 is 30.3 Å². The highest BCUT2D eigenvalue weighted by Gasteiger charge is 2.25. The van der Waals surface area contributed by atoms with Gasteiger partial charge in [0, 0.05) is 12.8 Å². The van der Waals surface area contributed by atoms with Gasteiger partial charge in [0.15, 0.2) is 6.10 Å². The molecule has 0 aliphatic rings. The molecule has 0 aromatic heterocycles. The summed E-state index contributed by atoms with van der Waals surface area (Å²) in [6, 6.07) is 0. The number of hydrogen-bond acceptors (Lipinski definition) is 7. The van der Waals surface area contributed by atoms with Crippen LogP contribution in [0.1, 0.15) is 181 Å². The van der Waals surface area contributed by atoms with E-state index in [0.29, 0.717) is 30.3 Å². The number of unbranched alkanes of at least 4 members (excludes halogenated alkanes) is 5. The van der Waals surface area contributed by atoms with Crippen LogP contribution >= 0.6 is 0 Å². The fourth-order valence-electron chi connectivity index (χ4n) is 7.32. The van der Waals surface area contributed by atoms with Gasteiger partial charge in [-0.05, 0) is 141 Å². The van der Waals surface area contributed by atoms with Gasteiger partial charge in [-0.1, -0.05) is 233 Å². The lowest BCUT2D eigenvalue weighted by Gasteiger charge is -2.25. The van der Waals surface area contributed by atoms with Gasteiger partial charge in [-0.3, -0.25) is 9.59 Å². The molecule has 1 N–H and O–H groups in total. The molecule has 0 radical (unpaired) electrons. The summed E-state index contributed by atoms with van der Waals surface area (Å²) < 4.78 is 22.8. The lowest BCUT2D eigenvalue weighted by atomic mass is 10.1. The quantitative estimate of drug-likeness (QED) is 0.0211. The number of aliphatic carboxylic acids is 1. The predicted octanol–water partition coefficient (Wildman–Crippen LogP) is 19.2. The molecule has 0 aliphatic heterocycles. The molecule has 0 saturated heterocycles. The van der Waals surface area contributed by atoms with Crippen molar-refractivity contribution < 1.29 is 42.9 Å². The molecule has 0 aromatic rings. The van der Waals surface area contributed by atoms with Gasteiger partial charge in [0.2, 0.25) is 0 Å². The maximum Gasteiger partial charge on any atom is 0.361 e. The van der Waals surface area contributed by atoms with Crippen molar-refractivity contribution in [1.82, 2.24) is 0 Å². The highest BCUT2D eigenvalue weighted by Crippen LogP contribution is 2.11. The number of ether oxygens (including phenoxy) is 4. The zero-order valence-electron chi connectivity index (χ0n) is 52.2. The number of carboxylic acid groups (broad SMARTS) is 1. The van der Waals surface area contributed by atoms with Crippen molar-refractivity contribution >= 4 is 17.9 Å². The van der Waals surface area contributed by atoms with Crippen molar-refractivity contribution in [2.75, 3.05) is 47.5 Å². The van der Waals surface area contributed by atoms with E-state index in [4.69, 9.17) is 18.9 Å². The first-order chi connectivity index (χ1) is 40.6. The Hall–Kier alpha value is -6.13. The second-order valence-corrected chi connectivity index (χ2v) is 20.9. The Bertz CT molecular complexity index is 2110. The van der Waals surface area contributed by atoms with Crippen LogP contribution in [0.4, 0.5) is 0 Å². The summed E-state index contributed by atoms with van der Waals surface area (Å²) in [7, 11) is 5.92. The Morgan fingerprint density at radius 3 is 0.988 bits per heavy atom. The third-order valence-corrected chi connectivity index (χ3v) is 12.0. The lowest BCUT2D eigenvalue weighted by Crippen LogP contribution is -2.40. The number of allylic oxidation sites excluding steroid dienone is 34. The molecule has 460 valence electrons. The fourth-order valence-corrected chi connectivity index (χ4v) is 7.32. The van der Waals surface area contributed by atoms with Gasteiger partial charge >= 0.3 is 17.9 Å². The average Bonchev–Trinajstić information content (AvgIpc) is 3.46. The van der Waals surface area contributed by atoms with E-state index in [1.54, 1.807) is 0 Å². The van der Waals surface area contributed by atoms with Crippen LogP contribution < -0.4 is 0 Å². The molecule has 0 spiro atoms. The highest BCUT2D eigenvalue weighted by atomic mass is 16.7. The number of quaternary nitrogens is 1. The van der Waals surface area contributed by atoms with E-state index in [9.17, 15) is 19.5 Å². The Balaban J connectivity index is 4.45. The number of nitrogens with zero attached hydrogens (tertiary/aromatic N) is 1. The number of likely N-dealkylation sites (N-methyl/N-ethyl adjacent to an activating group) is 1. The third kappa shape index (κ3) is 63.3. The van der Waals surface area contributed by atoms with Crippen LogP contribution in [-0.4, -0.2) is 87.4 Å². The number of rotatable bonds is 54. The van der Waals surface area contributed by atoms with Crippen LogP contribution in [0.15, 0.2) is 207 Å². The topological polar surface area (TPSA) is 108 Å². The molecule has 0 saturated carbocycles. The maximum atomic E-state index is 12.9. The first-order valence-electron chi connectivity index (χ1n) is 31.2. The van der Waals surface area contributed by atoms with Gasteiger partial charge in [-0.25, -0.2) is 4.79 Å². The largest absolute Gasteiger partial charge is 0.477 e. The minimum Gasteiger partial charge on any atom is -0.477 e. The monoisotopic (exact) mass is 1140 g/mol. The van der Waals surface area contributed by atoms with Crippen LogP contribution in [0.5, 0.6) is 0 Å². The number of carboxylic acids is 1. The minimum atomic E-state index is -1.55. The van der Waals surface area contributed by atoms with Crippen LogP contribution in [0, 0.1) is 0 Å². The van der Waals surface area contributed by atoms with Gasteiger partial charge in [-0.15, -0.1) is 0 Å². The second-order valence-electron chi connectivity index (χ2n) is 20.9. The normalized spacial score (nSPS) is 14.2. The summed E-state index contributed by atoms with van der Waals surface area (Å²) in [5.41, 5.74) is 0. The predicted molar refractivity (Wildman–Crippen MR) is 354 cm³/mol. The summed E-state index contributed by atoms with van der Waals surface area (Å²) in [5.74, 6) is -2.15. The zero-order chi connectivity index (χ0) is 60.5. The van der Waals surface area contributed by atoms with Crippen molar-refractivity contribution in [2.45, 2.75) is 193 Å². The molecular weight excluding hydrogens is 1030 g/mol. The molecule has 83 heavy (non-hydrogen) atoms. The minimum absolute atomic E-state index is 0.158. The molecule has 9 heteroatoms. The van der Waals surface area contributed by atoms with Crippen LogP contribution in [0.2, 0.25) is 0 Å². The summed E-state index contributed by atoms with van der Waals surface area (Å²) in [5, 5.41) is 9.72. The summed E-state index contributed by atoms with van der Waals surface area (Å²) >= 11 is 0. The summed E-state index contributed by atoms with van der Waals surface area (Å²) in [6.07, 6.45) is 94.9. The van der Waals surface area contributed by atoms with Crippen molar-refractivity contribution in [3.63, 3.8) is 0 Å². The molecule has 9 nitrogen and oxygen atoms in total. The van der Waals surface area contributed by atoms with Gasteiger partial charge in [0.05, 0.1) is 34.4 Å². The van der Waals surface area contributed by atoms with E-state index in [1.807, 2.05) is 21.1 Å². The Morgan fingerprint density at radius 1 is 0.361 bits per heavy atom. The molecule has 0 fully saturated rings. The van der Waals surface area contributed by atoms with Gasteiger partial charge in [0.1, 0.15) is 13.2 Å². The van der Waals surface area contributed by atoms with Gasteiger partial charge < -0.3 is 28.5 Å². The molecule has 0 aromatic carbocycles. The van der Waals surface area contributed by atoms with Gasteiger partial charge in [0.25, 0.3) is 6.29 Å². The third-order valence-electron chi connectivity index (χ3n) is 12.0. The van der Waals surface area contributed by atoms with Gasteiger partial charge in [-0.2, -0.15) is 0 Å². The molecule has 0 heterocycles. The molecule has 2 atom stereocenters. The first-order valence-corrected chi connectivity index (χ1v) is 31.2. The molecule has 0 aliphatic carbocycles. The Labute approximate surface area is 505 Å². The molecular formula is C74H112NO8+. The van der Waals surface area contributed by atoms with Crippen molar-refractivity contribution in [1.29, 1.82) is 0 Å². The number of hydrogen-bond donors (Lipinski definition) is 1.